The molecule has 0 aliphatic rings. The van der Waals surface area contributed by atoms with Crippen LogP contribution in [0.4, 0.5) is 16.2 Å². The summed E-state index contributed by atoms with van der Waals surface area (Å²) in [5, 5.41) is 6.05. The van der Waals surface area contributed by atoms with Gasteiger partial charge in [0, 0.05) is 5.69 Å². The zero-order valence-electron chi connectivity index (χ0n) is 10.2. The molecule has 2 aromatic carbocycles. The molecular weight excluding hydrogens is 328 g/mol. The molecule has 98 valence electrons. The topological polar surface area (TPSA) is 41.1 Å². The first-order chi connectivity index (χ1) is 9.06. The van der Waals surface area contributed by atoms with Crippen LogP contribution >= 0.6 is 27.5 Å². The lowest BCUT2D eigenvalue weighted by Crippen LogP contribution is -2.19. The Balaban J connectivity index is 2.08. The average Bonchev–Trinajstić information content (AvgIpc) is 2.35. The molecule has 2 N–H and O–H groups in total. The number of carbonyl (C=O) groups is 1. The van der Waals surface area contributed by atoms with Gasteiger partial charge >= 0.3 is 6.03 Å². The number of benzene rings is 2. The minimum Gasteiger partial charge on any atom is -0.308 e. The predicted molar refractivity (Wildman–Crippen MR) is 83.0 cm³/mol. The standard InChI is InChI=1S/C14H12BrClN2O/c1-9-4-2-5-10(8-9)17-14(19)18-12-7-3-6-11(16)13(12)15/h2-8H,1H3,(H2,17,18,19). The van der Waals surface area contributed by atoms with Crippen molar-refractivity contribution in [3.05, 3.63) is 57.5 Å². The zero-order chi connectivity index (χ0) is 13.8. The molecule has 0 saturated carbocycles. The van der Waals surface area contributed by atoms with Gasteiger partial charge in [-0.1, -0.05) is 29.8 Å². The first-order valence-corrected chi connectivity index (χ1v) is 6.82. The van der Waals surface area contributed by atoms with E-state index in [1.165, 1.54) is 0 Å². The van der Waals surface area contributed by atoms with Gasteiger partial charge in [0.25, 0.3) is 0 Å². The molecule has 5 heteroatoms. The lowest BCUT2D eigenvalue weighted by atomic mass is 10.2. The van der Waals surface area contributed by atoms with E-state index in [2.05, 4.69) is 26.6 Å². The minimum atomic E-state index is -0.312. The molecule has 2 amide bonds. The van der Waals surface area contributed by atoms with Gasteiger partial charge in [0.05, 0.1) is 15.2 Å². The first-order valence-electron chi connectivity index (χ1n) is 5.65. The number of nitrogens with one attached hydrogen (secondary N) is 2. The lowest BCUT2D eigenvalue weighted by molar-refractivity contribution is 0.262. The highest BCUT2D eigenvalue weighted by Gasteiger charge is 2.07. The van der Waals surface area contributed by atoms with Gasteiger partial charge in [-0.15, -0.1) is 0 Å². The summed E-state index contributed by atoms with van der Waals surface area (Å²) in [5.74, 6) is 0. The van der Waals surface area contributed by atoms with Gasteiger partial charge in [0.15, 0.2) is 0 Å². The summed E-state index contributed by atoms with van der Waals surface area (Å²) in [7, 11) is 0. The van der Waals surface area contributed by atoms with Gasteiger partial charge in [0.2, 0.25) is 0 Å². The maximum absolute atomic E-state index is 11.9. The highest BCUT2D eigenvalue weighted by Crippen LogP contribution is 2.30. The van der Waals surface area contributed by atoms with Gasteiger partial charge in [-0.05, 0) is 52.7 Å². The van der Waals surface area contributed by atoms with Crippen molar-refractivity contribution in [3.63, 3.8) is 0 Å². The molecule has 0 aliphatic carbocycles. The third-order valence-electron chi connectivity index (χ3n) is 2.48. The molecule has 0 spiro atoms. The van der Waals surface area contributed by atoms with Crippen molar-refractivity contribution in [3.8, 4) is 0 Å². The van der Waals surface area contributed by atoms with Crippen molar-refractivity contribution in [2.24, 2.45) is 0 Å². The first kappa shape index (κ1) is 13.9. The molecule has 0 heterocycles. The van der Waals surface area contributed by atoms with Crippen LogP contribution in [0.25, 0.3) is 0 Å². The van der Waals surface area contributed by atoms with Crippen LogP contribution in [0.1, 0.15) is 5.56 Å². The molecule has 0 fully saturated rings. The second-order valence-electron chi connectivity index (χ2n) is 4.05. The summed E-state index contributed by atoms with van der Waals surface area (Å²) in [6, 6.07) is 12.6. The van der Waals surface area contributed by atoms with Crippen molar-refractivity contribution in [2.45, 2.75) is 6.92 Å². The highest BCUT2D eigenvalue weighted by molar-refractivity contribution is 9.10. The Morgan fingerprint density at radius 2 is 1.89 bits per heavy atom. The third-order valence-corrected chi connectivity index (χ3v) is 3.87. The van der Waals surface area contributed by atoms with Crippen LogP contribution in [0, 0.1) is 6.92 Å². The second kappa shape index (κ2) is 6.08. The van der Waals surface area contributed by atoms with Crippen LogP contribution in [-0.4, -0.2) is 6.03 Å². The van der Waals surface area contributed by atoms with E-state index in [4.69, 9.17) is 11.6 Å². The number of carbonyl (C=O) groups excluding carboxylic acids is 1. The van der Waals surface area contributed by atoms with E-state index in [0.29, 0.717) is 15.2 Å². The fourth-order valence-corrected chi connectivity index (χ4v) is 2.15. The Morgan fingerprint density at radius 3 is 2.63 bits per heavy atom. The van der Waals surface area contributed by atoms with E-state index in [1.807, 2.05) is 31.2 Å². The van der Waals surface area contributed by atoms with Crippen molar-refractivity contribution in [1.29, 1.82) is 0 Å². The summed E-state index contributed by atoms with van der Waals surface area (Å²) >= 11 is 9.29. The molecule has 0 unspecified atom stereocenters. The Morgan fingerprint density at radius 1 is 1.16 bits per heavy atom. The fraction of sp³-hybridized carbons (Fsp3) is 0.0714. The Hall–Kier alpha value is -1.52. The van der Waals surface area contributed by atoms with E-state index < -0.39 is 0 Å². The summed E-state index contributed by atoms with van der Waals surface area (Å²) in [6.07, 6.45) is 0. The van der Waals surface area contributed by atoms with Crippen molar-refractivity contribution in [1.82, 2.24) is 0 Å². The second-order valence-corrected chi connectivity index (χ2v) is 5.25. The van der Waals surface area contributed by atoms with Crippen molar-refractivity contribution >= 4 is 44.9 Å². The van der Waals surface area contributed by atoms with E-state index in [1.54, 1.807) is 18.2 Å². The normalized spacial score (nSPS) is 10.1. The van der Waals surface area contributed by atoms with Crippen molar-refractivity contribution < 1.29 is 4.79 Å². The maximum atomic E-state index is 11.9. The summed E-state index contributed by atoms with van der Waals surface area (Å²) in [6.45, 7) is 1.97. The molecule has 0 radical (unpaired) electrons. The van der Waals surface area contributed by atoms with E-state index in [0.717, 1.165) is 11.3 Å². The van der Waals surface area contributed by atoms with Crippen LogP contribution in [0.15, 0.2) is 46.9 Å². The summed E-state index contributed by atoms with van der Waals surface area (Å²) in [4.78, 5) is 11.9. The van der Waals surface area contributed by atoms with Gasteiger partial charge in [-0.2, -0.15) is 0 Å². The summed E-state index contributed by atoms with van der Waals surface area (Å²) < 4.78 is 0.663. The minimum absolute atomic E-state index is 0.312. The van der Waals surface area contributed by atoms with Crippen LogP contribution in [0.3, 0.4) is 0 Å². The summed E-state index contributed by atoms with van der Waals surface area (Å²) in [5.41, 5.74) is 2.45. The number of anilines is 2. The molecule has 2 aromatic rings. The number of amides is 2. The van der Waals surface area contributed by atoms with Crippen molar-refractivity contribution in [2.75, 3.05) is 10.6 Å². The Labute approximate surface area is 125 Å². The number of halogens is 2. The maximum Gasteiger partial charge on any atom is 0.323 e. The van der Waals surface area contributed by atoms with E-state index in [-0.39, 0.29) is 6.03 Å². The van der Waals surface area contributed by atoms with Gasteiger partial charge < -0.3 is 10.6 Å². The smallest absolute Gasteiger partial charge is 0.308 e. The van der Waals surface area contributed by atoms with Gasteiger partial charge in [0.1, 0.15) is 0 Å². The SMILES string of the molecule is Cc1cccc(NC(=O)Nc2cccc(Cl)c2Br)c1. The fourth-order valence-electron chi connectivity index (χ4n) is 1.61. The lowest BCUT2D eigenvalue weighted by Gasteiger charge is -2.10. The van der Waals surface area contributed by atoms with Crippen LogP contribution in [0.5, 0.6) is 0 Å². The molecule has 19 heavy (non-hydrogen) atoms. The molecule has 0 bridgehead atoms. The third kappa shape index (κ3) is 3.72. The van der Waals surface area contributed by atoms with Gasteiger partial charge in [-0.25, -0.2) is 4.79 Å². The number of hydrogen-bond donors (Lipinski definition) is 2. The monoisotopic (exact) mass is 338 g/mol. The molecule has 2 rings (SSSR count). The van der Waals surface area contributed by atoms with Crippen LogP contribution in [0.2, 0.25) is 5.02 Å². The van der Waals surface area contributed by atoms with Gasteiger partial charge in [-0.3, -0.25) is 0 Å². The molecule has 0 atom stereocenters. The molecular formula is C14H12BrClN2O. The van der Waals surface area contributed by atoms with E-state index in [9.17, 15) is 4.79 Å². The quantitative estimate of drug-likeness (QED) is 0.789. The van der Waals surface area contributed by atoms with Crippen LogP contribution < -0.4 is 10.6 Å². The Kier molecular flexibility index (Phi) is 4.45. The molecule has 0 aliphatic heterocycles. The molecule has 0 saturated heterocycles. The highest BCUT2D eigenvalue weighted by atomic mass is 79.9. The van der Waals surface area contributed by atoms with E-state index >= 15 is 0 Å². The Bertz CT molecular complexity index is 616. The largest absolute Gasteiger partial charge is 0.323 e. The number of hydrogen-bond acceptors (Lipinski definition) is 1. The average molecular weight is 340 g/mol. The zero-order valence-corrected chi connectivity index (χ0v) is 12.5. The number of rotatable bonds is 2. The molecule has 0 aromatic heterocycles. The van der Waals surface area contributed by atoms with Crippen LogP contribution in [-0.2, 0) is 0 Å². The predicted octanol–water partition coefficient (Wildman–Crippen LogP) is 5.05. The number of aryl methyl sites for hydroxylation is 1. The molecule has 3 nitrogen and oxygen atoms in total. The number of urea groups is 1.